The summed E-state index contributed by atoms with van der Waals surface area (Å²) >= 11 is 6.30. The van der Waals surface area contributed by atoms with E-state index in [1.54, 1.807) is 12.3 Å². The molecule has 0 saturated heterocycles. The van der Waals surface area contributed by atoms with Crippen molar-refractivity contribution >= 4 is 39.3 Å². The molecule has 0 saturated carbocycles. The van der Waals surface area contributed by atoms with E-state index in [9.17, 15) is 22.0 Å². The van der Waals surface area contributed by atoms with Crippen LogP contribution >= 0.6 is 11.6 Å². The first-order valence-corrected chi connectivity index (χ1v) is 11.8. The molecule has 174 valence electrons. The molecule has 0 aliphatic heterocycles. The Bertz CT molecular complexity index is 1460. The minimum absolute atomic E-state index is 0.0781. The van der Waals surface area contributed by atoms with Gasteiger partial charge in [-0.15, -0.1) is 0 Å². The first kappa shape index (κ1) is 23.9. The average molecular weight is 502 g/mol. The summed E-state index contributed by atoms with van der Waals surface area (Å²) in [7, 11) is -2.76. The van der Waals surface area contributed by atoms with Gasteiger partial charge >= 0.3 is 0 Å². The van der Waals surface area contributed by atoms with Crippen LogP contribution in [-0.2, 0) is 17.3 Å². The third-order valence-electron chi connectivity index (χ3n) is 5.20. The van der Waals surface area contributed by atoms with Gasteiger partial charge in [-0.2, -0.15) is 0 Å². The monoisotopic (exact) mass is 501 g/mol. The molecule has 1 aromatic heterocycles. The van der Waals surface area contributed by atoms with Crippen molar-refractivity contribution < 1.29 is 22.0 Å². The molecule has 0 unspecified atom stereocenters. The van der Waals surface area contributed by atoms with Crippen LogP contribution in [0, 0.1) is 11.6 Å². The van der Waals surface area contributed by atoms with E-state index >= 15 is 0 Å². The Morgan fingerprint density at radius 3 is 2.53 bits per heavy atom. The number of hydrogen-bond donors (Lipinski definition) is 2. The van der Waals surface area contributed by atoms with E-state index in [0.29, 0.717) is 16.7 Å². The Kier molecular flexibility index (Phi) is 7.26. The van der Waals surface area contributed by atoms with Gasteiger partial charge in [0.2, 0.25) is 10.9 Å². The molecule has 34 heavy (non-hydrogen) atoms. The summed E-state index contributed by atoms with van der Waals surface area (Å²) in [5, 5.41) is -0.209. The maximum Gasteiger partial charge on any atom is 0.201 e. The van der Waals surface area contributed by atoms with Crippen molar-refractivity contribution in [3.8, 4) is 11.3 Å². The van der Waals surface area contributed by atoms with Crippen LogP contribution < -0.4 is 4.72 Å². The van der Waals surface area contributed by atoms with Gasteiger partial charge in [0, 0.05) is 17.7 Å². The van der Waals surface area contributed by atoms with E-state index in [-0.39, 0.29) is 35.5 Å². The molecule has 0 aliphatic carbocycles. The molecule has 0 atom stereocenters. The van der Waals surface area contributed by atoms with Gasteiger partial charge in [0.1, 0.15) is 0 Å². The number of carbonyl (C=O) groups is 1. The van der Waals surface area contributed by atoms with Crippen molar-refractivity contribution in [1.82, 2.24) is 14.7 Å². The summed E-state index contributed by atoms with van der Waals surface area (Å²) in [6.07, 6.45) is 2.05. The van der Waals surface area contributed by atoms with Crippen LogP contribution in [0.5, 0.6) is 0 Å². The molecule has 1 N–H and O–H groups in total. The standard InChI is InChI=1S/C24H18ClF2N3O3S/c25-22-15(7-4-10-29-34(32)33)11-17(26)23(27)21(22)24(31)16-8-9-18-19(12-16)30-20(13-28-18)14-5-2-1-3-6-14/h1-3,5-6,8-9,11-13,34H,4,7,10H2,(H,29,32,33). The molecule has 0 radical (unpaired) electrons. The van der Waals surface area contributed by atoms with Crippen molar-refractivity contribution in [3.63, 3.8) is 0 Å². The second-order valence-electron chi connectivity index (χ2n) is 7.44. The van der Waals surface area contributed by atoms with Crippen molar-refractivity contribution in [1.29, 1.82) is 0 Å². The van der Waals surface area contributed by atoms with Crippen LogP contribution in [0.2, 0.25) is 5.02 Å². The third-order valence-corrected chi connectivity index (χ3v) is 6.11. The molecule has 0 bridgehead atoms. The lowest BCUT2D eigenvalue weighted by Crippen LogP contribution is -2.14. The molecule has 0 fully saturated rings. The smallest absolute Gasteiger partial charge is 0.201 e. The van der Waals surface area contributed by atoms with E-state index in [1.807, 2.05) is 30.3 Å². The molecular formula is C24H18ClF2N3O3S. The third kappa shape index (κ3) is 5.11. The predicted octanol–water partition coefficient (Wildman–Crippen LogP) is 4.51. The number of thiol groups is 1. The summed E-state index contributed by atoms with van der Waals surface area (Å²) in [4.78, 5) is 22.1. The topological polar surface area (TPSA) is 89.0 Å². The Labute approximate surface area is 200 Å². The zero-order valence-electron chi connectivity index (χ0n) is 17.6. The second-order valence-corrected chi connectivity index (χ2v) is 8.65. The maximum atomic E-state index is 14.7. The molecule has 6 nitrogen and oxygen atoms in total. The van der Waals surface area contributed by atoms with Gasteiger partial charge in [0.25, 0.3) is 0 Å². The Morgan fingerprint density at radius 2 is 1.79 bits per heavy atom. The van der Waals surface area contributed by atoms with E-state index in [1.165, 1.54) is 12.1 Å². The van der Waals surface area contributed by atoms with E-state index in [4.69, 9.17) is 11.6 Å². The average Bonchev–Trinajstić information content (AvgIpc) is 2.84. The fourth-order valence-electron chi connectivity index (χ4n) is 3.53. The number of aromatic nitrogens is 2. The SMILES string of the molecule is O=C(c1ccc2ncc(-c3ccccc3)nc2c1)c1c(F)c(F)cc(CCCN[SH](=O)=O)c1Cl. The fraction of sp³-hybridized carbons (Fsp3) is 0.125. The predicted molar refractivity (Wildman–Crippen MR) is 126 cm³/mol. The van der Waals surface area contributed by atoms with Crippen LogP contribution in [0.3, 0.4) is 0 Å². The Balaban J connectivity index is 1.69. The number of halogens is 3. The second kappa shape index (κ2) is 10.3. The molecule has 0 spiro atoms. The van der Waals surface area contributed by atoms with Gasteiger partial charge in [-0.05, 0) is 42.7 Å². The highest BCUT2D eigenvalue weighted by Crippen LogP contribution is 2.30. The molecule has 10 heteroatoms. The van der Waals surface area contributed by atoms with Crippen LogP contribution in [0.4, 0.5) is 8.78 Å². The highest BCUT2D eigenvalue weighted by atomic mass is 35.5. The Morgan fingerprint density at radius 1 is 1.03 bits per heavy atom. The van der Waals surface area contributed by atoms with E-state index in [2.05, 4.69) is 14.7 Å². The largest absolute Gasteiger partial charge is 0.288 e. The normalized spacial score (nSPS) is 11.3. The number of ketones is 1. The maximum absolute atomic E-state index is 14.7. The van der Waals surface area contributed by atoms with E-state index < -0.39 is 33.9 Å². The number of fused-ring (bicyclic) bond motifs is 1. The van der Waals surface area contributed by atoms with Gasteiger partial charge in [-0.3, -0.25) is 9.78 Å². The lowest BCUT2D eigenvalue weighted by molar-refractivity contribution is 0.103. The van der Waals surface area contributed by atoms with Crippen molar-refractivity contribution in [2.45, 2.75) is 12.8 Å². The quantitative estimate of drug-likeness (QED) is 0.160. The van der Waals surface area contributed by atoms with Crippen LogP contribution in [-0.4, -0.2) is 30.7 Å². The lowest BCUT2D eigenvalue weighted by atomic mass is 9.98. The summed E-state index contributed by atoms with van der Waals surface area (Å²) in [5.41, 5.74) is 2.10. The molecule has 3 aromatic carbocycles. The number of carbonyl (C=O) groups excluding carboxylic acids is 1. The van der Waals surface area contributed by atoms with Crippen molar-refractivity contribution in [2.24, 2.45) is 0 Å². The summed E-state index contributed by atoms with van der Waals surface area (Å²) in [6, 6.07) is 14.8. The highest BCUT2D eigenvalue weighted by Gasteiger charge is 2.24. The minimum atomic E-state index is -2.76. The number of benzene rings is 3. The number of nitrogens with zero attached hydrogens (tertiary/aromatic N) is 2. The van der Waals surface area contributed by atoms with Gasteiger partial charge in [0.05, 0.1) is 33.5 Å². The van der Waals surface area contributed by atoms with Gasteiger partial charge in [-0.25, -0.2) is 26.9 Å². The lowest BCUT2D eigenvalue weighted by Gasteiger charge is -2.12. The summed E-state index contributed by atoms with van der Waals surface area (Å²) < 4.78 is 52.4. The van der Waals surface area contributed by atoms with Crippen molar-refractivity contribution in [3.05, 3.63) is 94.1 Å². The zero-order chi connectivity index (χ0) is 24.2. The van der Waals surface area contributed by atoms with Gasteiger partial charge in [-0.1, -0.05) is 41.9 Å². The number of nitrogens with one attached hydrogen (secondary N) is 1. The first-order valence-electron chi connectivity index (χ1n) is 10.3. The Hall–Kier alpha value is -3.27. The van der Waals surface area contributed by atoms with Gasteiger partial charge in [0.15, 0.2) is 17.4 Å². The number of aryl methyl sites for hydroxylation is 1. The summed E-state index contributed by atoms with van der Waals surface area (Å²) in [5.74, 6) is -3.35. The molecule has 1 heterocycles. The van der Waals surface area contributed by atoms with Gasteiger partial charge < -0.3 is 0 Å². The van der Waals surface area contributed by atoms with Crippen molar-refractivity contribution in [2.75, 3.05) is 6.54 Å². The first-order chi connectivity index (χ1) is 16.3. The molecule has 0 amide bonds. The highest BCUT2D eigenvalue weighted by molar-refractivity contribution is 7.70. The number of rotatable bonds is 8. The molecule has 4 rings (SSSR count). The molecule has 4 aromatic rings. The van der Waals surface area contributed by atoms with Crippen LogP contribution in [0.1, 0.15) is 27.9 Å². The van der Waals surface area contributed by atoms with Crippen LogP contribution in [0.15, 0.2) is 60.8 Å². The molecular weight excluding hydrogens is 484 g/mol. The molecule has 0 aliphatic rings. The number of hydrogen-bond acceptors (Lipinski definition) is 5. The minimum Gasteiger partial charge on any atom is -0.288 e. The fourth-order valence-corrected chi connectivity index (χ4v) is 4.19. The van der Waals surface area contributed by atoms with Crippen LogP contribution in [0.25, 0.3) is 22.3 Å². The summed E-state index contributed by atoms with van der Waals surface area (Å²) in [6.45, 7) is 0.102. The zero-order valence-corrected chi connectivity index (χ0v) is 19.2. The van der Waals surface area contributed by atoms with E-state index in [0.717, 1.165) is 11.6 Å².